The molecular formula is C22H23N3OS2. The summed E-state index contributed by atoms with van der Waals surface area (Å²) in [6.07, 6.45) is 1.82. The zero-order valence-corrected chi connectivity index (χ0v) is 17.8. The molecule has 0 saturated carbocycles. The molecule has 1 aromatic carbocycles. The molecule has 0 bridgehead atoms. The molecule has 0 spiro atoms. The van der Waals surface area contributed by atoms with E-state index in [9.17, 15) is 0 Å². The molecule has 1 saturated heterocycles. The Hall–Kier alpha value is -2.31. The topological polar surface area (TPSA) is 41.3 Å². The van der Waals surface area contributed by atoms with Crippen molar-refractivity contribution >= 4 is 29.1 Å². The first-order valence-corrected chi connectivity index (χ1v) is 10.6. The van der Waals surface area contributed by atoms with E-state index >= 15 is 0 Å². The van der Waals surface area contributed by atoms with E-state index in [1.807, 2.05) is 30.5 Å². The number of thiocarbonyl (C=S) groups is 1. The highest BCUT2D eigenvalue weighted by molar-refractivity contribution is 7.99. The third-order valence-electron chi connectivity index (χ3n) is 4.82. The van der Waals surface area contributed by atoms with Crippen LogP contribution in [0.1, 0.15) is 42.9 Å². The van der Waals surface area contributed by atoms with Gasteiger partial charge in [0.25, 0.3) is 0 Å². The van der Waals surface area contributed by atoms with Crippen molar-refractivity contribution in [3.05, 3.63) is 77.8 Å². The van der Waals surface area contributed by atoms with Crippen molar-refractivity contribution in [3.63, 3.8) is 0 Å². The second-order valence-corrected chi connectivity index (χ2v) is 8.66. The van der Waals surface area contributed by atoms with Crippen LogP contribution in [0, 0.1) is 6.92 Å². The number of benzene rings is 1. The van der Waals surface area contributed by atoms with Crippen LogP contribution in [0.5, 0.6) is 0 Å². The minimum Gasteiger partial charge on any atom is -0.452 e. The van der Waals surface area contributed by atoms with Gasteiger partial charge in [-0.3, -0.25) is 4.98 Å². The van der Waals surface area contributed by atoms with Gasteiger partial charge in [-0.05, 0) is 69.4 Å². The summed E-state index contributed by atoms with van der Waals surface area (Å²) in [5, 5.41) is 5.05. The Balaban J connectivity index is 1.65. The number of aromatic nitrogens is 1. The smallest absolute Gasteiger partial charge is 0.170 e. The second kappa shape index (κ2) is 7.97. The lowest BCUT2D eigenvalue weighted by Gasteiger charge is -2.29. The lowest BCUT2D eigenvalue weighted by Crippen LogP contribution is -2.35. The van der Waals surface area contributed by atoms with Gasteiger partial charge in [-0.15, -0.1) is 0 Å². The lowest BCUT2D eigenvalue weighted by atomic mass is 10.0. The maximum atomic E-state index is 6.28. The van der Waals surface area contributed by atoms with E-state index in [2.05, 4.69) is 66.3 Å². The monoisotopic (exact) mass is 409 g/mol. The Kier molecular flexibility index (Phi) is 5.42. The summed E-state index contributed by atoms with van der Waals surface area (Å²) in [5.41, 5.74) is 2.21. The SMILES string of the molecule is Cc1ccc(Sc2ccc([C@H]3[C@H](c4ccccn4)NC(=S)N3C(C)C)o2)cc1. The summed E-state index contributed by atoms with van der Waals surface area (Å²) in [6, 6.07) is 18.7. The summed E-state index contributed by atoms with van der Waals surface area (Å²) in [7, 11) is 0. The van der Waals surface area contributed by atoms with Crippen molar-refractivity contribution in [1.29, 1.82) is 0 Å². The number of furan rings is 1. The Bertz CT molecular complexity index is 953. The molecule has 1 aliphatic rings. The highest BCUT2D eigenvalue weighted by atomic mass is 32.2. The van der Waals surface area contributed by atoms with Gasteiger partial charge in [0.1, 0.15) is 11.8 Å². The first-order chi connectivity index (χ1) is 13.5. The Labute approximate surface area is 175 Å². The van der Waals surface area contributed by atoms with Gasteiger partial charge in [-0.2, -0.15) is 0 Å². The number of nitrogens with zero attached hydrogens (tertiary/aromatic N) is 2. The number of rotatable bonds is 5. The van der Waals surface area contributed by atoms with Crippen LogP contribution in [0.25, 0.3) is 0 Å². The molecule has 1 fully saturated rings. The fourth-order valence-corrected chi connectivity index (χ4v) is 4.73. The average molecular weight is 410 g/mol. The fourth-order valence-electron chi connectivity index (χ4n) is 3.50. The van der Waals surface area contributed by atoms with Crippen molar-refractivity contribution in [3.8, 4) is 0 Å². The number of pyridine rings is 1. The molecule has 1 aliphatic heterocycles. The molecule has 2 atom stereocenters. The molecule has 0 aliphatic carbocycles. The van der Waals surface area contributed by atoms with E-state index in [-0.39, 0.29) is 18.1 Å². The predicted octanol–water partition coefficient (Wildman–Crippen LogP) is 5.52. The Morgan fingerprint density at radius 1 is 1.11 bits per heavy atom. The van der Waals surface area contributed by atoms with Crippen LogP contribution in [-0.2, 0) is 0 Å². The van der Waals surface area contributed by atoms with Crippen molar-refractivity contribution < 1.29 is 4.42 Å². The molecule has 2 aromatic heterocycles. The highest BCUT2D eigenvalue weighted by Crippen LogP contribution is 2.42. The number of hydrogen-bond acceptors (Lipinski definition) is 4. The number of nitrogens with one attached hydrogen (secondary N) is 1. The maximum absolute atomic E-state index is 6.28. The van der Waals surface area contributed by atoms with Crippen LogP contribution >= 0.6 is 24.0 Å². The van der Waals surface area contributed by atoms with Crippen LogP contribution in [0.3, 0.4) is 0 Å². The van der Waals surface area contributed by atoms with Gasteiger partial charge in [-0.1, -0.05) is 35.5 Å². The fraction of sp³-hybridized carbons (Fsp3) is 0.273. The molecule has 1 N–H and O–H groups in total. The van der Waals surface area contributed by atoms with Crippen LogP contribution in [0.4, 0.5) is 0 Å². The minimum atomic E-state index is -0.0422. The molecule has 4 nitrogen and oxygen atoms in total. The van der Waals surface area contributed by atoms with Gasteiger partial charge in [-0.25, -0.2) is 0 Å². The van der Waals surface area contributed by atoms with Crippen LogP contribution in [0.15, 0.2) is 75.2 Å². The maximum Gasteiger partial charge on any atom is 0.170 e. The third-order valence-corrected chi connectivity index (χ3v) is 6.08. The molecule has 0 radical (unpaired) electrons. The first-order valence-electron chi connectivity index (χ1n) is 9.37. The standard InChI is InChI=1S/C22H23N3OS2/c1-14(2)25-21(20(24-22(25)27)17-6-4-5-13-23-17)18-11-12-19(26-18)28-16-9-7-15(3)8-10-16/h4-14,20-21H,1-3H3,(H,24,27)/t20-,21-/m0/s1. The summed E-state index contributed by atoms with van der Waals surface area (Å²) in [5.74, 6) is 0.895. The molecule has 3 aromatic rings. The van der Waals surface area contributed by atoms with Gasteiger partial charge in [0.05, 0.1) is 11.7 Å². The van der Waals surface area contributed by atoms with E-state index in [1.165, 1.54) is 5.56 Å². The van der Waals surface area contributed by atoms with E-state index in [1.54, 1.807) is 11.8 Å². The van der Waals surface area contributed by atoms with Crippen molar-refractivity contribution in [2.75, 3.05) is 0 Å². The molecule has 0 amide bonds. The Morgan fingerprint density at radius 3 is 2.57 bits per heavy atom. The van der Waals surface area contributed by atoms with Crippen LogP contribution < -0.4 is 5.32 Å². The molecule has 28 heavy (non-hydrogen) atoms. The zero-order chi connectivity index (χ0) is 19.7. The highest BCUT2D eigenvalue weighted by Gasteiger charge is 2.42. The summed E-state index contributed by atoms with van der Waals surface area (Å²) < 4.78 is 6.28. The molecule has 144 valence electrons. The quantitative estimate of drug-likeness (QED) is 0.560. The van der Waals surface area contributed by atoms with Crippen molar-refractivity contribution in [1.82, 2.24) is 15.2 Å². The molecule has 4 rings (SSSR count). The summed E-state index contributed by atoms with van der Waals surface area (Å²) >= 11 is 7.26. The average Bonchev–Trinajstić information content (AvgIpc) is 3.28. The van der Waals surface area contributed by atoms with Gasteiger partial charge < -0.3 is 14.6 Å². The molecular weight excluding hydrogens is 386 g/mol. The number of aryl methyl sites for hydroxylation is 1. The van der Waals surface area contributed by atoms with Crippen molar-refractivity contribution in [2.45, 2.75) is 48.9 Å². The van der Waals surface area contributed by atoms with E-state index < -0.39 is 0 Å². The van der Waals surface area contributed by atoms with E-state index in [0.29, 0.717) is 0 Å². The Morgan fingerprint density at radius 2 is 1.89 bits per heavy atom. The van der Waals surface area contributed by atoms with Gasteiger partial charge in [0.15, 0.2) is 10.2 Å². The number of hydrogen-bond donors (Lipinski definition) is 1. The van der Waals surface area contributed by atoms with Gasteiger partial charge in [0.2, 0.25) is 0 Å². The normalized spacial score (nSPS) is 19.3. The first kappa shape index (κ1) is 19.0. The van der Waals surface area contributed by atoms with Crippen LogP contribution in [-0.4, -0.2) is 21.0 Å². The third kappa shape index (κ3) is 3.80. The van der Waals surface area contributed by atoms with Crippen molar-refractivity contribution in [2.24, 2.45) is 0 Å². The van der Waals surface area contributed by atoms with Gasteiger partial charge in [0, 0.05) is 17.1 Å². The lowest BCUT2D eigenvalue weighted by molar-refractivity contribution is 0.227. The second-order valence-electron chi connectivity index (χ2n) is 7.20. The summed E-state index contributed by atoms with van der Waals surface area (Å²) in [6.45, 7) is 6.38. The van der Waals surface area contributed by atoms with E-state index in [4.69, 9.17) is 16.6 Å². The molecule has 6 heteroatoms. The van der Waals surface area contributed by atoms with Crippen LogP contribution in [0.2, 0.25) is 0 Å². The largest absolute Gasteiger partial charge is 0.452 e. The van der Waals surface area contributed by atoms with E-state index in [0.717, 1.165) is 26.6 Å². The summed E-state index contributed by atoms with van der Waals surface area (Å²) in [4.78, 5) is 7.91. The van der Waals surface area contributed by atoms with Gasteiger partial charge >= 0.3 is 0 Å². The molecule has 0 unspecified atom stereocenters. The predicted molar refractivity (Wildman–Crippen MR) is 116 cm³/mol. The molecule has 3 heterocycles. The minimum absolute atomic E-state index is 0.0326. The zero-order valence-electron chi connectivity index (χ0n) is 16.1.